The molecule has 1 aromatic heterocycles. The molecule has 0 unspecified atom stereocenters. The molecule has 2 aromatic carbocycles. The van der Waals surface area contributed by atoms with E-state index >= 15 is 0 Å². The van der Waals surface area contributed by atoms with Crippen LogP contribution >= 0.6 is 0 Å². The van der Waals surface area contributed by atoms with Gasteiger partial charge in [0.05, 0.1) is 10.9 Å². The highest BCUT2D eigenvalue weighted by atomic mass is 19.4. The highest BCUT2D eigenvalue weighted by Gasteiger charge is 2.30. The second kappa shape index (κ2) is 5.19. The topological polar surface area (TPSA) is 30.2 Å². The molecule has 0 fully saturated rings. The van der Waals surface area contributed by atoms with Gasteiger partial charge < -0.3 is 4.42 Å². The fraction of sp³-hybridized carbons (Fsp3) is 0.0625. The first-order valence-electron chi connectivity index (χ1n) is 6.36. The van der Waals surface area contributed by atoms with Gasteiger partial charge in [-0.25, -0.2) is 8.78 Å². The van der Waals surface area contributed by atoms with E-state index in [1.165, 1.54) is 0 Å². The van der Waals surface area contributed by atoms with Gasteiger partial charge in [0.15, 0.2) is 17.1 Å². The molecule has 0 amide bonds. The third-order valence-corrected chi connectivity index (χ3v) is 3.27. The first kappa shape index (κ1) is 15.2. The molecule has 23 heavy (non-hydrogen) atoms. The fourth-order valence-corrected chi connectivity index (χ4v) is 2.12. The largest absolute Gasteiger partial charge is 0.456 e. The molecule has 0 N–H and O–H groups in total. The number of hydrogen-bond acceptors (Lipinski definition) is 2. The Morgan fingerprint density at radius 3 is 2.09 bits per heavy atom. The smallest absolute Gasteiger partial charge is 0.416 e. The van der Waals surface area contributed by atoms with Crippen molar-refractivity contribution in [1.29, 1.82) is 0 Å². The second-order valence-electron chi connectivity index (χ2n) is 4.81. The Morgan fingerprint density at radius 2 is 1.48 bits per heavy atom. The number of alkyl halides is 3. The van der Waals surface area contributed by atoms with E-state index in [0.717, 1.165) is 36.4 Å². The van der Waals surface area contributed by atoms with Crippen LogP contribution in [0.25, 0.3) is 22.3 Å². The Hall–Kier alpha value is -2.70. The van der Waals surface area contributed by atoms with E-state index < -0.39 is 28.8 Å². The zero-order valence-corrected chi connectivity index (χ0v) is 11.2. The van der Waals surface area contributed by atoms with E-state index in [9.17, 15) is 26.7 Å². The minimum absolute atomic E-state index is 0.0396. The van der Waals surface area contributed by atoms with Gasteiger partial charge in [-0.2, -0.15) is 13.2 Å². The normalized spacial score (nSPS) is 11.9. The quantitative estimate of drug-likeness (QED) is 0.604. The summed E-state index contributed by atoms with van der Waals surface area (Å²) < 4.78 is 69.3. The van der Waals surface area contributed by atoms with Crippen molar-refractivity contribution in [2.45, 2.75) is 6.18 Å². The van der Waals surface area contributed by atoms with Gasteiger partial charge in [0.1, 0.15) is 11.3 Å². The van der Waals surface area contributed by atoms with Crippen LogP contribution in [0, 0.1) is 11.6 Å². The molecule has 1 heterocycles. The van der Waals surface area contributed by atoms with E-state index in [0.29, 0.717) is 6.07 Å². The standard InChI is InChI=1S/C16H7F5O2/c17-11-5-10-13(22)7-14(23-15(10)6-12(11)18)8-1-3-9(4-2-8)16(19,20)21/h1-7H. The Balaban J connectivity index is 2.13. The summed E-state index contributed by atoms with van der Waals surface area (Å²) in [5.41, 5.74) is -1.45. The van der Waals surface area contributed by atoms with Gasteiger partial charge in [0.2, 0.25) is 0 Å². The lowest BCUT2D eigenvalue weighted by atomic mass is 10.1. The Kier molecular flexibility index (Phi) is 3.43. The lowest BCUT2D eigenvalue weighted by Gasteiger charge is -2.08. The van der Waals surface area contributed by atoms with Crippen molar-refractivity contribution >= 4 is 11.0 Å². The van der Waals surface area contributed by atoms with E-state index in [1.807, 2.05) is 0 Å². The minimum Gasteiger partial charge on any atom is -0.456 e. The lowest BCUT2D eigenvalue weighted by molar-refractivity contribution is -0.137. The zero-order chi connectivity index (χ0) is 16.8. The zero-order valence-electron chi connectivity index (χ0n) is 11.2. The fourth-order valence-electron chi connectivity index (χ4n) is 2.12. The van der Waals surface area contributed by atoms with Gasteiger partial charge in [-0.15, -0.1) is 0 Å². The molecule has 3 aromatic rings. The summed E-state index contributed by atoms with van der Waals surface area (Å²) in [6.45, 7) is 0. The Labute approximate surface area is 125 Å². The number of benzene rings is 2. The third-order valence-electron chi connectivity index (χ3n) is 3.27. The average Bonchev–Trinajstić information content (AvgIpc) is 2.48. The maximum atomic E-state index is 13.2. The molecule has 0 saturated heterocycles. The highest BCUT2D eigenvalue weighted by molar-refractivity contribution is 5.78. The molecule has 0 aliphatic heterocycles. The van der Waals surface area contributed by atoms with Gasteiger partial charge in [-0.3, -0.25) is 4.79 Å². The molecule has 0 spiro atoms. The van der Waals surface area contributed by atoms with Crippen molar-refractivity contribution in [3.63, 3.8) is 0 Å². The Bertz CT molecular complexity index is 940. The van der Waals surface area contributed by atoms with Crippen molar-refractivity contribution < 1.29 is 26.4 Å². The van der Waals surface area contributed by atoms with Crippen molar-refractivity contribution in [3.8, 4) is 11.3 Å². The van der Waals surface area contributed by atoms with E-state index in [1.54, 1.807) is 0 Å². The summed E-state index contributed by atoms with van der Waals surface area (Å²) in [6, 6.07) is 6.39. The van der Waals surface area contributed by atoms with Crippen LogP contribution in [0.1, 0.15) is 5.56 Å². The van der Waals surface area contributed by atoms with Gasteiger partial charge in [0, 0.05) is 17.7 Å². The summed E-state index contributed by atoms with van der Waals surface area (Å²) in [5, 5.41) is -0.153. The molecule has 0 atom stereocenters. The molecule has 0 bridgehead atoms. The monoisotopic (exact) mass is 326 g/mol. The predicted molar refractivity (Wildman–Crippen MR) is 72.8 cm³/mol. The van der Waals surface area contributed by atoms with Gasteiger partial charge in [-0.1, -0.05) is 12.1 Å². The van der Waals surface area contributed by atoms with Crippen LogP contribution in [0.15, 0.2) is 51.7 Å². The lowest BCUT2D eigenvalue weighted by Crippen LogP contribution is -2.04. The molecule has 0 aliphatic rings. The maximum absolute atomic E-state index is 13.2. The van der Waals surface area contributed by atoms with Crippen LogP contribution in [0.3, 0.4) is 0 Å². The third kappa shape index (κ3) is 2.81. The number of hydrogen-bond donors (Lipinski definition) is 0. The van der Waals surface area contributed by atoms with Gasteiger partial charge in [0.25, 0.3) is 0 Å². The summed E-state index contributed by atoms with van der Waals surface area (Å²) in [4.78, 5) is 11.9. The first-order valence-corrected chi connectivity index (χ1v) is 6.36. The van der Waals surface area contributed by atoms with E-state index in [4.69, 9.17) is 4.42 Å². The van der Waals surface area contributed by atoms with Gasteiger partial charge in [-0.05, 0) is 18.2 Å². The van der Waals surface area contributed by atoms with Crippen LogP contribution in [0.2, 0.25) is 0 Å². The molecule has 3 rings (SSSR count). The highest BCUT2D eigenvalue weighted by Crippen LogP contribution is 2.31. The van der Waals surface area contributed by atoms with Crippen LogP contribution in [0.5, 0.6) is 0 Å². The van der Waals surface area contributed by atoms with Crippen molar-refractivity contribution in [3.05, 3.63) is 69.9 Å². The number of halogens is 5. The maximum Gasteiger partial charge on any atom is 0.416 e. The van der Waals surface area contributed by atoms with Crippen LogP contribution in [-0.2, 0) is 6.18 Å². The molecular weight excluding hydrogens is 319 g/mol. The summed E-state index contributed by atoms with van der Waals surface area (Å²) >= 11 is 0. The van der Waals surface area contributed by atoms with Crippen LogP contribution < -0.4 is 5.43 Å². The number of rotatable bonds is 1. The molecule has 7 heteroatoms. The number of fused-ring (bicyclic) bond motifs is 1. The molecule has 118 valence electrons. The van der Waals surface area contributed by atoms with E-state index in [-0.39, 0.29) is 22.3 Å². The SMILES string of the molecule is O=c1cc(-c2ccc(C(F)(F)F)cc2)oc2cc(F)c(F)cc12. The van der Waals surface area contributed by atoms with Crippen LogP contribution in [0.4, 0.5) is 22.0 Å². The van der Waals surface area contributed by atoms with Crippen molar-refractivity contribution in [1.82, 2.24) is 0 Å². The summed E-state index contributed by atoms with van der Waals surface area (Å²) in [5.74, 6) is -2.42. The molecule has 0 aliphatic carbocycles. The van der Waals surface area contributed by atoms with Crippen LogP contribution in [-0.4, -0.2) is 0 Å². The summed E-state index contributed by atoms with van der Waals surface area (Å²) in [6.07, 6.45) is -4.48. The Morgan fingerprint density at radius 1 is 0.870 bits per heavy atom. The van der Waals surface area contributed by atoms with Gasteiger partial charge >= 0.3 is 6.18 Å². The molecular formula is C16H7F5O2. The average molecular weight is 326 g/mol. The first-order chi connectivity index (χ1) is 10.8. The molecule has 2 nitrogen and oxygen atoms in total. The minimum atomic E-state index is -4.48. The predicted octanol–water partition coefficient (Wildman–Crippen LogP) is 4.76. The molecule has 0 saturated carbocycles. The van der Waals surface area contributed by atoms with E-state index in [2.05, 4.69) is 0 Å². The second-order valence-corrected chi connectivity index (χ2v) is 4.81. The van der Waals surface area contributed by atoms with Crippen molar-refractivity contribution in [2.75, 3.05) is 0 Å². The molecule has 0 radical (unpaired) electrons. The van der Waals surface area contributed by atoms with Crippen molar-refractivity contribution in [2.24, 2.45) is 0 Å². The summed E-state index contributed by atoms with van der Waals surface area (Å²) in [7, 11) is 0.